The van der Waals surface area contributed by atoms with Crippen LogP contribution in [0.25, 0.3) is 0 Å². The molecule has 1 aliphatic rings. The second-order valence-electron chi connectivity index (χ2n) is 5.23. The minimum atomic E-state index is -3.55. The zero-order valence-electron chi connectivity index (χ0n) is 11.1. The molecule has 0 amide bonds. The lowest BCUT2D eigenvalue weighted by Crippen LogP contribution is -2.38. The molecule has 1 heterocycles. The molecule has 5 nitrogen and oxygen atoms in total. The molecule has 2 rings (SSSR count). The van der Waals surface area contributed by atoms with Gasteiger partial charge in [0.05, 0.1) is 4.90 Å². The largest absolute Gasteiger partial charge is 0.328 e. The summed E-state index contributed by atoms with van der Waals surface area (Å²) in [5.41, 5.74) is -0.304. The number of aromatic nitrogens is 1. The number of nitrogens with one attached hydrogen (secondary N) is 2. The maximum atomic E-state index is 12.2. The predicted molar refractivity (Wildman–Crippen MR) is 73.4 cm³/mol. The summed E-state index contributed by atoms with van der Waals surface area (Å²) in [7, 11) is -3.55. The number of H-pyrrole nitrogens is 1. The van der Waals surface area contributed by atoms with Gasteiger partial charge in [-0.3, -0.25) is 4.79 Å². The number of aromatic amines is 1. The van der Waals surface area contributed by atoms with E-state index in [4.69, 9.17) is 0 Å². The zero-order valence-corrected chi connectivity index (χ0v) is 11.9. The van der Waals surface area contributed by atoms with E-state index >= 15 is 0 Å². The standard InChI is InChI=1S/C13H20N2O3S/c1-10-5-3-2-4-6-12(10)15-19(17,18)11-7-8-13(16)14-9-11/h7-10,12,15H,2-6H2,1H3,(H,14,16). The average molecular weight is 284 g/mol. The van der Waals surface area contributed by atoms with Crippen molar-refractivity contribution in [3.63, 3.8) is 0 Å². The van der Waals surface area contributed by atoms with E-state index in [1.807, 2.05) is 0 Å². The highest BCUT2D eigenvalue weighted by atomic mass is 32.2. The lowest BCUT2D eigenvalue weighted by molar-refractivity contribution is 0.399. The number of hydrogen-bond donors (Lipinski definition) is 2. The van der Waals surface area contributed by atoms with Crippen LogP contribution in [-0.4, -0.2) is 19.4 Å². The Labute approximate surface area is 113 Å². The van der Waals surface area contributed by atoms with Crippen LogP contribution < -0.4 is 10.3 Å². The van der Waals surface area contributed by atoms with Gasteiger partial charge in [-0.05, 0) is 24.8 Å². The highest BCUT2D eigenvalue weighted by Gasteiger charge is 2.25. The van der Waals surface area contributed by atoms with Crippen LogP contribution in [0.5, 0.6) is 0 Å². The van der Waals surface area contributed by atoms with E-state index in [9.17, 15) is 13.2 Å². The summed E-state index contributed by atoms with van der Waals surface area (Å²) in [5.74, 6) is 0.347. The van der Waals surface area contributed by atoms with Gasteiger partial charge in [-0.15, -0.1) is 0 Å². The van der Waals surface area contributed by atoms with Gasteiger partial charge in [0.15, 0.2) is 0 Å². The van der Waals surface area contributed by atoms with E-state index in [-0.39, 0.29) is 16.5 Å². The molecule has 1 fully saturated rings. The molecule has 1 aliphatic carbocycles. The summed E-state index contributed by atoms with van der Waals surface area (Å²) in [6.07, 6.45) is 6.57. The molecule has 2 atom stereocenters. The normalized spacial score (nSPS) is 24.9. The molecule has 19 heavy (non-hydrogen) atoms. The first-order valence-electron chi connectivity index (χ1n) is 6.70. The number of rotatable bonds is 3. The summed E-state index contributed by atoms with van der Waals surface area (Å²) in [6.45, 7) is 2.09. The molecule has 106 valence electrons. The molecule has 6 heteroatoms. The van der Waals surface area contributed by atoms with Crippen LogP contribution in [0.4, 0.5) is 0 Å². The molecule has 0 aliphatic heterocycles. The van der Waals surface area contributed by atoms with Gasteiger partial charge in [-0.1, -0.05) is 26.2 Å². The maximum absolute atomic E-state index is 12.2. The van der Waals surface area contributed by atoms with Crippen molar-refractivity contribution in [1.29, 1.82) is 0 Å². The molecular weight excluding hydrogens is 264 g/mol. The van der Waals surface area contributed by atoms with Crippen molar-refractivity contribution in [2.75, 3.05) is 0 Å². The molecule has 0 bridgehead atoms. The summed E-state index contributed by atoms with van der Waals surface area (Å²) < 4.78 is 27.2. The first-order chi connectivity index (χ1) is 8.99. The Balaban J connectivity index is 2.16. The quantitative estimate of drug-likeness (QED) is 0.828. The Bertz CT molecular complexity index is 559. The van der Waals surface area contributed by atoms with Gasteiger partial charge in [0.2, 0.25) is 15.6 Å². The van der Waals surface area contributed by atoms with Crippen LogP contribution in [0.15, 0.2) is 28.0 Å². The molecular formula is C13H20N2O3S. The van der Waals surface area contributed by atoms with Gasteiger partial charge in [0.25, 0.3) is 0 Å². The van der Waals surface area contributed by atoms with Crippen LogP contribution in [0, 0.1) is 5.92 Å². The van der Waals surface area contributed by atoms with Crippen molar-refractivity contribution in [2.45, 2.75) is 50.0 Å². The average Bonchev–Trinajstić information content (AvgIpc) is 2.55. The molecule has 2 unspecified atom stereocenters. The van der Waals surface area contributed by atoms with Crippen LogP contribution in [-0.2, 0) is 10.0 Å². The van der Waals surface area contributed by atoms with Crippen molar-refractivity contribution < 1.29 is 8.42 Å². The zero-order chi connectivity index (χ0) is 13.9. The number of sulfonamides is 1. The van der Waals surface area contributed by atoms with Gasteiger partial charge in [0.1, 0.15) is 0 Å². The fourth-order valence-electron chi connectivity index (χ4n) is 2.50. The summed E-state index contributed by atoms with van der Waals surface area (Å²) in [6, 6.07) is 2.55. The van der Waals surface area contributed by atoms with Gasteiger partial charge >= 0.3 is 0 Å². The van der Waals surface area contributed by atoms with E-state index in [0.29, 0.717) is 5.92 Å². The van der Waals surface area contributed by atoms with Crippen molar-refractivity contribution >= 4 is 10.0 Å². The van der Waals surface area contributed by atoms with Crippen LogP contribution in [0.1, 0.15) is 39.0 Å². The molecule has 0 radical (unpaired) electrons. The van der Waals surface area contributed by atoms with Crippen molar-refractivity contribution in [1.82, 2.24) is 9.71 Å². The Morgan fingerprint density at radius 1 is 1.21 bits per heavy atom. The molecule has 1 aromatic heterocycles. The molecule has 0 spiro atoms. The Morgan fingerprint density at radius 2 is 1.95 bits per heavy atom. The van der Waals surface area contributed by atoms with Gasteiger partial charge in [0, 0.05) is 18.3 Å². The minimum Gasteiger partial charge on any atom is -0.328 e. The third-order valence-corrected chi connectivity index (χ3v) is 5.22. The van der Waals surface area contributed by atoms with Crippen LogP contribution >= 0.6 is 0 Å². The number of pyridine rings is 1. The van der Waals surface area contributed by atoms with E-state index in [0.717, 1.165) is 25.7 Å². The molecule has 1 saturated carbocycles. The van der Waals surface area contributed by atoms with E-state index in [1.54, 1.807) is 0 Å². The fraction of sp³-hybridized carbons (Fsp3) is 0.615. The third-order valence-electron chi connectivity index (χ3n) is 3.73. The summed E-state index contributed by atoms with van der Waals surface area (Å²) in [5, 5.41) is 0. The Kier molecular flexibility index (Phi) is 4.42. The SMILES string of the molecule is CC1CCCCCC1NS(=O)(=O)c1ccc(=O)[nH]c1. The topological polar surface area (TPSA) is 79.0 Å². The molecule has 0 aromatic carbocycles. The van der Waals surface area contributed by atoms with Crippen LogP contribution in [0.2, 0.25) is 0 Å². The van der Waals surface area contributed by atoms with E-state index in [1.165, 1.54) is 24.8 Å². The lowest BCUT2D eigenvalue weighted by Gasteiger charge is -2.22. The second-order valence-corrected chi connectivity index (χ2v) is 6.95. The molecule has 2 N–H and O–H groups in total. The summed E-state index contributed by atoms with van der Waals surface area (Å²) in [4.78, 5) is 13.5. The Hall–Kier alpha value is -1.14. The van der Waals surface area contributed by atoms with E-state index in [2.05, 4.69) is 16.6 Å². The van der Waals surface area contributed by atoms with Crippen molar-refractivity contribution in [3.8, 4) is 0 Å². The van der Waals surface area contributed by atoms with Gasteiger partial charge in [-0.25, -0.2) is 13.1 Å². The monoisotopic (exact) mass is 284 g/mol. The third kappa shape index (κ3) is 3.67. The van der Waals surface area contributed by atoms with E-state index < -0.39 is 10.0 Å². The van der Waals surface area contributed by atoms with Crippen LogP contribution in [0.3, 0.4) is 0 Å². The highest BCUT2D eigenvalue weighted by Crippen LogP contribution is 2.24. The first-order valence-corrected chi connectivity index (χ1v) is 8.18. The number of hydrogen-bond acceptors (Lipinski definition) is 3. The fourth-order valence-corrected chi connectivity index (χ4v) is 3.84. The molecule has 0 saturated heterocycles. The van der Waals surface area contributed by atoms with Crippen molar-refractivity contribution in [2.24, 2.45) is 5.92 Å². The smallest absolute Gasteiger partial charge is 0.247 e. The second kappa shape index (κ2) is 5.88. The lowest BCUT2D eigenvalue weighted by atomic mass is 9.98. The highest BCUT2D eigenvalue weighted by molar-refractivity contribution is 7.89. The van der Waals surface area contributed by atoms with Crippen molar-refractivity contribution in [3.05, 3.63) is 28.7 Å². The molecule has 1 aromatic rings. The first kappa shape index (κ1) is 14.3. The minimum absolute atomic E-state index is 0.0144. The Morgan fingerprint density at radius 3 is 2.63 bits per heavy atom. The van der Waals surface area contributed by atoms with Gasteiger partial charge in [-0.2, -0.15) is 0 Å². The predicted octanol–water partition coefficient (Wildman–Crippen LogP) is 1.62. The maximum Gasteiger partial charge on any atom is 0.247 e. The summed E-state index contributed by atoms with van der Waals surface area (Å²) >= 11 is 0. The van der Waals surface area contributed by atoms with Gasteiger partial charge < -0.3 is 4.98 Å².